The molecule has 96 valence electrons. The summed E-state index contributed by atoms with van der Waals surface area (Å²) in [5.74, 6) is -5.51. The molecule has 0 fully saturated rings. The van der Waals surface area contributed by atoms with Crippen molar-refractivity contribution < 1.29 is 5.89 Å². The van der Waals surface area contributed by atoms with Gasteiger partial charge in [0.15, 0.2) is 0 Å². The minimum absolute atomic E-state index is 0.539. The van der Waals surface area contributed by atoms with Gasteiger partial charge in [-0.2, -0.15) is 0 Å². The van der Waals surface area contributed by atoms with E-state index < -0.39 is 5.89 Å². The number of hydrogen-bond donors (Lipinski definition) is 0. The first-order chi connectivity index (χ1) is 8.97. The van der Waals surface area contributed by atoms with Crippen LogP contribution in [0.15, 0.2) is 0 Å². The summed E-state index contributed by atoms with van der Waals surface area (Å²) in [6, 6.07) is 0. The molecule has 13 heteroatoms. The molecular weight excluding hydrogens is 444 g/mol. The van der Waals surface area contributed by atoms with Crippen molar-refractivity contribution in [1.82, 2.24) is 0 Å². The molecule has 0 saturated heterocycles. The summed E-state index contributed by atoms with van der Waals surface area (Å²) in [5.41, 5.74) is 0. The van der Waals surface area contributed by atoms with Crippen LogP contribution in [-0.2, 0) is 5.89 Å². The van der Waals surface area contributed by atoms with Gasteiger partial charge in [0.2, 0.25) is 0 Å². The van der Waals surface area contributed by atoms with Crippen LogP contribution < -0.4 is 0 Å². The van der Waals surface area contributed by atoms with E-state index in [0.717, 1.165) is 0 Å². The molecule has 0 unspecified atom stereocenters. The van der Waals surface area contributed by atoms with Gasteiger partial charge in [-0.15, -0.1) is 0 Å². The fourth-order valence-corrected chi connectivity index (χ4v) is 37.9. The Balaban J connectivity index is 6.65. The van der Waals surface area contributed by atoms with E-state index in [-0.39, 0.29) is 0 Å². The second-order valence-electron chi connectivity index (χ2n) is 2.07. The van der Waals surface area contributed by atoms with E-state index in [2.05, 4.69) is 0 Å². The number of rotatable bonds is 6. The van der Waals surface area contributed by atoms with Crippen molar-refractivity contribution in [1.29, 1.82) is 31.6 Å². The quantitative estimate of drug-likeness (QED) is 0.431. The van der Waals surface area contributed by atoms with Crippen LogP contribution in [0.25, 0.3) is 0 Å². The zero-order valence-electron chi connectivity index (χ0n) is 8.54. The fraction of sp³-hybridized carbons (Fsp3) is 0. The van der Waals surface area contributed by atoms with E-state index in [9.17, 15) is 0 Å². The molecule has 0 aliphatic heterocycles. The molecule has 0 rings (SSSR count). The summed E-state index contributed by atoms with van der Waals surface area (Å²) in [7, 11) is 3.23. The predicted molar refractivity (Wildman–Crippen MR) is 79.2 cm³/mol. The molecule has 0 aliphatic carbocycles. The number of hydrogen-bond acceptors (Lipinski definition) is 12. The summed E-state index contributed by atoms with van der Waals surface area (Å²) in [4.78, 5) is 0. The SMILES string of the molecule is N#C[S][Mo]([S]C#N)([S]C#N)([S]C#N)([S]C#N)[S]C#N. The van der Waals surface area contributed by atoms with Crippen LogP contribution in [0.3, 0.4) is 0 Å². The first-order valence-electron chi connectivity index (χ1n) is 3.57. The molecule has 0 bridgehead atoms. The molecule has 0 radical (unpaired) electrons. The van der Waals surface area contributed by atoms with E-state index in [4.69, 9.17) is 31.6 Å². The minimum atomic E-state index is -5.51. The summed E-state index contributed by atoms with van der Waals surface area (Å²) in [5, 5.41) is 64.6. The molecule has 0 heterocycles. The number of nitriles is 6. The van der Waals surface area contributed by atoms with Gasteiger partial charge in [0.1, 0.15) is 0 Å². The maximum absolute atomic E-state index is 9.01. The molecule has 0 aromatic carbocycles. The van der Waals surface area contributed by atoms with Crippen molar-refractivity contribution >= 4 is 56.8 Å². The monoisotopic (exact) mass is 446 g/mol. The first-order valence-corrected chi connectivity index (χ1v) is 22.8. The van der Waals surface area contributed by atoms with Gasteiger partial charge in [0, 0.05) is 0 Å². The van der Waals surface area contributed by atoms with E-state index in [1.54, 1.807) is 32.4 Å². The summed E-state index contributed by atoms with van der Waals surface area (Å²) < 4.78 is 0. The summed E-state index contributed by atoms with van der Waals surface area (Å²) in [6.07, 6.45) is 0. The molecule has 0 atom stereocenters. The second kappa shape index (κ2) is 6.94. The van der Waals surface area contributed by atoms with Gasteiger partial charge in [-0.25, -0.2) is 0 Å². The van der Waals surface area contributed by atoms with Crippen molar-refractivity contribution in [2.45, 2.75) is 0 Å². The van der Waals surface area contributed by atoms with Gasteiger partial charge in [-0.3, -0.25) is 0 Å². The van der Waals surface area contributed by atoms with Crippen LogP contribution in [0.4, 0.5) is 0 Å². The van der Waals surface area contributed by atoms with Crippen LogP contribution in [0.1, 0.15) is 0 Å². The zero-order valence-corrected chi connectivity index (χ0v) is 15.4. The van der Waals surface area contributed by atoms with Crippen molar-refractivity contribution in [3.63, 3.8) is 0 Å². The summed E-state index contributed by atoms with van der Waals surface area (Å²) in [6.45, 7) is 0. The number of thiocyanates is 6. The number of nitrogens with zero attached hydrogens (tertiary/aromatic N) is 6. The molecule has 0 spiro atoms. The Morgan fingerprint density at radius 2 is 0.579 bits per heavy atom. The average molecular weight is 444 g/mol. The van der Waals surface area contributed by atoms with Crippen molar-refractivity contribution in [3.8, 4) is 32.4 Å². The van der Waals surface area contributed by atoms with Crippen LogP contribution in [0.2, 0.25) is 0 Å². The Hall–Kier alpha value is -0.272. The van der Waals surface area contributed by atoms with Crippen LogP contribution >= 0.6 is 56.8 Å². The Morgan fingerprint density at radius 3 is 0.684 bits per heavy atom. The van der Waals surface area contributed by atoms with Crippen molar-refractivity contribution in [2.24, 2.45) is 0 Å². The molecule has 0 aliphatic rings. The third-order valence-electron chi connectivity index (χ3n) is 1.24. The third kappa shape index (κ3) is 3.44. The Kier molecular flexibility index (Phi) is 6.85. The Labute approximate surface area is 125 Å². The average Bonchev–Trinajstić information content (AvgIpc) is 2.31. The fourth-order valence-electron chi connectivity index (χ4n) is 0.712. The van der Waals surface area contributed by atoms with Gasteiger partial charge in [-0.05, 0) is 0 Å². The van der Waals surface area contributed by atoms with E-state index in [1.807, 2.05) is 0 Å². The molecular formula is C6MoN6S6. The van der Waals surface area contributed by atoms with Crippen molar-refractivity contribution in [2.75, 3.05) is 0 Å². The molecule has 19 heavy (non-hydrogen) atoms. The van der Waals surface area contributed by atoms with Gasteiger partial charge in [0.05, 0.1) is 0 Å². The Morgan fingerprint density at radius 1 is 0.421 bits per heavy atom. The standard InChI is InChI=1S/6CHNS.Mo/c6*2-1-3;/h6*3H;/q;;;;;;+6/p-6. The van der Waals surface area contributed by atoms with Gasteiger partial charge < -0.3 is 0 Å². The zero-order chi connectivity index (χ0) is 14.9. The van der Waals surface area contributed by atoms with E-state index >= 15 is 0 Å². The Bertz CT molecular complexity index is 475. The van der Waals surface area contributed by atoms with Crippen molar-refractivity contribution in [3.05, 3.63) is 0 Å². The third-order valence-corrected chi connectivity index (χ3v) is 58.3. The maximum atomic E-state index is 9.01. The molecule has 0 aromatic rings. The van der Waals surface area contributed by atoms with Crippen LogP contribution in [0, 0.1) is 64.0 Å². The predicted octanol–water partition coefficient (Wildman–Crippen LogP) is 3.99. The van der Waals surface area contributed by atoms with Gasteiger partial charge >= 0.3 is 127 Å². The van der Waals surface area contributed by atoms with Gasteiger partial charge in [-0.1, -0.05) is 0 Å². The molecule has 6 nitrogen and oxygen atoms in total. The van der Waals surface area contributed by atoms with Crippen LogP contribution in [0.5, 0.6) is 0 Å². The molecule has 0 aromatic heterocycles. The van der Waals surface area contributed by atoms with E-state index in [0.29, 0.717) is 56.8 Å². The normalized spacial score (nSPS) is 12.9. The summed E-state index contributed by atoms with van der Waals surface area (Å²) >= 11 is 0. The van der Waals surface area contributed by atoms with Crippen LogP contribution in [-0.4, -0.2) is 0 Å². The molecule has 0 amide bonds. The second-order valence-corrected chi connectivity index (χ2v) is 64.9. The first kappa shape index (κ1) is 18.7. The molecule has 0 N–H and O–H groups in total. The molecule has 0 saturated carbocycles. The van der Waals surface area contributed by atoms with E-state index in [1.165, 1.54) is 0 Å². The van der Waals surface area contributed by atoms with Gasteiger partial charge in [0.25, 0.3) is 0 Å². The topological polar surface area (TPSA) is 143 Å².